The molecule has 2 atom stereocenters. The van der Waals surface area contributed by atoms with E-state index in [2.05, 4.69) is 30.8 Å². The first kappa shape index (κ1) is 15.1. The van der Waals surface area contributed by atoms with E-state index in [-0.39, 0.29) is 5.75 Å². The zero-order chi connectivity index (χ0) is 14.7. The lowest BCUT2D eigenvalue weighted by Crippen LogP contribution is -2.37. The van der Waals surface area contributed by atoms with Gasteiger partial charge in [0, 0.05) is 18.6 Å². The van der Waals surface area contributed by atoms with Crippen LogP contribution in [0, 0.1) is 0 Å². The Morgan fingerprint density at radius 2 is 2.25 bits per heavy atom. The normalized spacial score (nSPS) is 21.4. The van der Waals surface area contributed by atoms with E-state index in [1.807, 2.05) is 12.1 Å². The number of likely N-dealkylation sites (tertiary alicyclic amines) is 1. The van der Waals surface area contributed by atoms with Crippen LogP contribution in [0.5, 0.6) is 11.5 Å². The number of methoxy groups -OCH3 is 1. The molecule has 2 rings (SSSR count). The summed E-state index contributed by atoms with van der Waals surface area (Å²) in [6, 6.07) is 6.56. The van der Waals surface area contributed by atoms with Crippen molar-refractivity contribution in [1.82, 2.24) is 9.80 Å². The van der Waals surface area contributed by atoms with Gasteiger partial charge in [-0.05, 0) is 58.1 Å². The highest BCUT2D eigenvalue weighted by atomic mass is 16.5. The van der Waals surface area contributed by atoms with Gasteiger partial charge in [0.15, 0.2) is 11.5 Å². The number of aromatic hydroxyl groups is 1. The van der Waals surface area contributed by atoms with Crippen LogP contribution >= 0.6 is 0 Å². The first-order chi connectivity index (χ1) is 9.52. The second kappa shape index (κ2) is 6.46. The van der Waals surface area contributed by atoms with E-state index < -0.39 is 0 Å². The van der Waals surface area contributed by atoms with E-state index in [1.165, 1.54) is 24.9 Å². The summed E-state index contributed by atoms with van der Waals surface area (Å²) < 4.78 is 5.19. The number of likely N-dealkylation sites (N-methyl/N-ethyl adjacent to an activating group) is 2. The van der Waals surface area contributed by atoms with Crippen molar-refractivity contribution in [3.8, 4) is 11.5 Å². The molecular formula is C16H26N2O2. The lowest BCUT2D eigenvalue weighted by Gasteiger charge is -2.30. The molecule has 1 aromatic rings. The molecule has 0 spiro atoms. The first-order valence-electron chi connectivity index (χ1n) is 7.30. The Labute approximate surface area is 122 Å². The van der Waals surface area contributed by atoms with E-state index in [0.717, 1.165) is 6.54 Å². The molecule has 0 aliphatic carbocycles. The lowest BCUT2D eigenvalue weighted by molar-refractivity contribution is 0.185. The van der Waals surface area contributed by atoms with Crippen LogP contribution in [-0.4, -0.2) is 55.2 Å². The molecule has 20 heavy (non-hydrogen) atoms. The maximum absolute atomic E-state index is 9.67. The second-order valence-corrected chi connectivity index (χ2v) is 5.82. The first-order valence-corrected chi connectivity index (χ1v) is 7.30. The Morgan fingerprint density at radius 1 is 1.50 bits per heavy atom. The summed E-state index contributed by atoms with van der Waals surface area (Å²) in [7, 11) is 5.95. The quantitative estimate of drug-likeness (QED) is 0.897. The molecule has 0 saturated carbocycles. The molecule has 1 aliphatic rings. The predicted octanol–water partition coefficient (Wildman–Crippen LogP) is 2.49. The summed E-state index contributed by atoms with van der Waals surface area (Å²) in [5.41, 5.74) is 1.17. The Kier molecular flexibility index (Phi) is 4.89. The van der Waals surface area contributed by atoms with Crippen molar-refractivity contribution >= 4 is 0 Å². The van der Waals surface area contributed by atoms with Crippen LogP contribution in [-0.2, 0) is 0 Å². The van der Waals surface area contributed by atoms with Gasteiger partial charge in [-0.2, -0.15) is 0 Å². The molecule has 1 saturated heterocycles. The van der Waals surface area contributed by atoms with Crippen molar-refractivity contribution in [2.45, 2.75) is 31.8 Å². The second-order valence-electron chi connectivity index (χ2n) is 5.82. The zero-order valence-corrected chi connectivity index (χ0v) is 13.0. The maximum atomic E-state index is 9.67. The number of hydrogen-bond donors (Lipinski definition) is 1. The number of phenols is 1. The van der Waals surface area contributed by atoms with Crippen molar-refractivity contribution in [2.24, 2.45) is 0 Å². The minimum absolute atomic E-state index is 0.196. The van der Waals surface area contributed by atoms with Gasteiger partial charge in [0.1, 0.15) is 0 Å². The summed E-state index contributed by atoms with van der Waals surface area (Å²) in [4.78, 5) is 4.82. The van der Waals surface area contributed by atoms with Crippen LogP contribution in [0.2, 0.25) is 0 Å². The fourth-order valence-corrected chi connectivity index (χ4v) is 2.91. The third-order valence-corrected chi connectivity index (χ3v) is 4.52. The molecule has 1 fully saturated rings. The zero-order valence-electron chi connectivity index (χ0n) is 13.0. The highest BCUT2D eigenvalue weighted by Crippen LogP contribution is 2.31. The SMILES string of the molecule is COc1cc(C(C)N(C)CC2CCCN2C)ccc1O. The smallest absolute Gasteiger partial charge is 0.160 e. The van der Waals surface area contributed by atoms with E-state index >= 15 is 0 Å². The molecule has 0 bridgehead atoms. The summed E-state index contributed by atoms with van der Waals surface area (Å²) >= 11 is 0. The number of benzene rings is 1. The van der Waals surface area contributed by atoms with Crippen molar-refractivity contribution in [3.05, 3.63) is 23.8 Å². The number of phenolic OH excluding ortho intramolecular Hbond substituents is 1. The molecule has 2 unspecified atom stereocenters. The van der Waals surface area contributed by atoms with Gasteiger partial charge in [-0.15, -0.1) is 0 Å². The van der Waals surface area contributed by atoms with Gasteiger partial charge in [-0.3, -0.25) is 4.90 Å². The number of rotatable bonds is 5. The molecule has 1 aromatic carbocycles. The van der Waals surface area contributed by atoms with Crippen LogP contribution in [0.15, 0.2) is 18.2 Å². The topological polar surface area (TPSA) is 35.9 Å². The lowest BCUT2D eigenvalue weighted by atomic mass is 10.1. The molecule has 4 heteroatoms. The highest BCUT2D eigenvalue weighted by molar-refractivity contribution is 5.42. The fraction of sp³-hybridized carbons (Fsp3) is 0.625. The number of hydrogen-bond acceptors (Lipinski definition) is 4. The minimum atomic E-state index is 0.196. The van der Waals surface area contributed by atoms with Crippen molar-refractivity contribution in [3.63, 3.8) is 0 Å². The Morgan fingerprint density at radius 3 is 2.85 bits per heavy atom. The molecule has 0 radical (unpaired) electrons. The molecule has 0 aromatic heterocycles. The Hall–Kier alpha value is -1.26. The molecule has 4 nitrogen and oxygen atoms in total. The third-order valence-electron chi connectivity index (χ3n) is 4.52. The molecule has 1 N–H and O–H groups in total. The van der Waals surface area contributed by atoms with Gasteiger partial charge in [0.05, 0.1) is 7.11 Å². The van der Waals surface area contributed by atoms with Crippen molar-refractivity contribution in [2.75, 3.05) is 34.3 Å². The molecule has 112 valence electrons. The monoisotopic (exact) mass is 278 g/mol. The maximum Gasteiger partial charge on any atom is 0.160 e. The van der Waals surface area contributed by atoms with Crippen molar-refractivity contribution < 1.29 is 9.84 Å². The minimum Gasteiger partial charge on any atom is -0.504 e. The van der Waals surface area contributed by atoms with Crippen molar-refractivity contribution in [1.29, 1.82) is 0 Å². The van der Waals surface area contributed by atoms with E-state index in [0.29, 0.717) is 17.8 Å². The molecular weight excluding hydrogens is 252 g/mol. The average Bonchev–Trinajstić information content (AvgIpc) is 2.84. The largest absolute Gasteiger partial charge is 0.504 e. The third kappa shape index (κ3) is 3.25. The van der Waals surface area contributed by atoms with Gasteiger partial charge in [-0.1, -0.05) is 6.07 Å². The van der Waals surface area contributed by atoms with Gasteiger partial charge in [0.25, 0.3) is 0 Å². The summed E-state index contributed by atoms with van der Waals surface area (Å²) in [6.07, 6.45) is 2.59. The van der Waals surface area contributed by atoms with Gasteiger partial charge in [0.2, 0.25) is 0 Å². The Balaban J connectivity index is 2.04. The summed E-state index contributed by atoms with van der Waals surface area (Å²) in [5.74, 6) is 0.738. The Bertz CT molecular complexity index is 450. The summed E-state index contributed by atoms with van der Waals surface area (Å²) in [5, 5.41) is 9.67. The van der Waals surface area contributed by atoms with Crippen LogP contribution in [0.1, 0.15) is 31.4 Å². The van der Waals surface area contributed by atoms with Crippen LogP contribution < -0.4 is 4.74 Å². The predicted molar refractivity (Wildman–Crippen MR) is 81.4 cm³/mol. The molecule has 1 heterocycles. The molecule has 0 amide bonds. The van der Waals surface area contributed by atoms with E-state index in [9.17, 15) is 5.11 Å². The number of nitrogens with zero attached hydrogens (tertiary/aromatic N) is 2. The highest BCUT2D eigenvalue weighted by Gasteiger charge is 2.24. The van der Waals surface area contributed by atoms with Gasteiger partial charge in [-0.25, -0.2) is 0 Å². The molecule has 1 aliphatic heterocycles. The van der Waals surface area contributed by atoms with E-state index in [1.54, 1.807) is 13.2 Å². The number of ether oxygens (including phenoxy) is 1. The fourth-order valence-electron chi connectivity index (χ4n) is 2.91. The van der Waals surface area contributed by atoms with Crippen LogP contribution in [0.4, 0.5) is 0 Å². The van der Waals surface area contributed by atoms with Gasteiger partial charge < -0.3 is 14.7 Å². The average molecular weight is 278 g/mol. The summed E-state index contributed by atoms with van der Waals surface area (Å²) in [6.45, 7) is 4.47. The van der Waals surface area contributed by atoms with Gasteiger partial charge >= 0.3 is 0 Å². The van der Waals surface area contributed by atoms with Crippen LogP contribution in [0.3, 0.4) is 0 Å². The standard InChI is InChI=1S/C16H26N2O2/c1-12(13-7-8-15(19)16(10-13)20-4)18(3)11-14-6-5-9-17(14)2/h7-8,10,12,14,19H,5-6,9,11H2,1-4H3. The van der Waals surface area contributed by atoms with Crippen LogP contribution in [0.25, 0.3) is 0 Å². The van der Waals surface area contributed by atoms with E-state index in [4.69, 9.17) is 4.74 Å².